The van der Waals surface area contributed by atoms with Crippen LogP contribution in [0.4, 0.5) is 0 Å². The highest BCUT2D eigenvalue weighted by molar-refractivity contribution is 5.94. The fraction of sp³-hybridized carbons (Fsp3) is 0.435. The first-order valence-electron chi connectivity index (χ1n) is 9.86. The van der Waals surface area contributed by atoms with Crippen molar-refractivity contribution in [3.63, 3.8) is 0 Å². The molecule has 0 unspecified atom stereocenters. The molecule has 0 fully saturated rings. The van der Waals surface area contributed by atoms with E-state index >= 15 is 0 Å². The summed E-state index contributed by atoms with van der Waals surface area (Å²) in [7, 11) is 0. The van der Waals surface area contributed by atoms with Crippen molar-refractivity contribution in [2.24, 2.45) is 5.73 Å². The fourth-order valence-electron chi connectivity index (χ4n) is 3.60. The van der Waals surface area contributed by atoms with Gasteiger partial charge in [0.2, 0.25) is 0 Å². The second-order valence-corrected chi connectivity index (χ2v) is 7.03. The third-order valence-corrected chi connectivity index (χ3v) is 5.05. The highest BCUT2D eigenvalue weighted by Crippen LogP contribution is 2.24. The molecule has 2 N–H and O–H groups in total. The lowest BCUT2D eigenvalue weighted by molar-refractivity contribution is 0.570. The Morgan fingerprint density at radius 1 is 0.680 bits per heavy atom. The maximum Gasteiger partial charge on any atom is 0.0712 e. The molecule has 0 atom stereocenters. The number of nitrogens with two attached hydrogens (primary N) is 1. The summed E-state index contributed by atoms with van der Waals surface area (Å²) in [5.74, 6) is 0. The van der Waals surface area contributed by atoms with Gasteiger partial charge in [0.05, 0.1) is 11.0 Å². The Hall–Kier alpha value is -1.93. The molecule has 0 aliphatic rings. The normalized spacial score (nSPS) is 11.4. The predicted molar refractivity (Wildman–Crippen MR) is 109 cm³/mol. The van der Waals surface area contributed by atoms with E-state index in [1.807, 2.05) is 0 Å². The average molecular weight is 335 g/mol. The molecule has 1 heterocycles. The lowest BCUT2D eigenvalue weighted by atomic mass is 10.00. The third-order valence-electron chi connectivity index (χ3n) is 5.05. The molecule has 2 nitrogen and oxygen atoms in total. The Balaban J connectivity index is 1.52. The van der Waals surface area contributed by atoms with E-state index < -0.39 is 0 Å². The van der Waals surface area contributed by atoms with Crippen molar-refractivity contribution in [1.82, 2.24) is 4.98 Å². The zero-order chi connectivity index (χ0) is 17.3. The van der Waals surface area contributed by atoms with Crippen molar-refractivity contribution < 1.29 is 0 Å². The Kier molecular flexibility index (Phi) is 6.81. The Morgan fingerprint density at radius 2 is 1.36 bits per heavy atom. The fourth-order valence-corrected chi connectivity index (χ4v) is 3.60. The molecule has 2 heteroatoms. The molecule has 0 spiro atoms. The standard InChI is InChI=1S/C23H30N2/c24-17-10-6-4-2-1-3-5-7-12-19-14-11-16-23-21(19)18-20-13-8-9-15-22(20)25-23/h8-9,11,13-16,18H,1-7,10,12,17,24H2. The number of unbranched alkanes of at least 4 members (excludes halogenated alkanes) is 7. The maximum atomic E-state index is 5.53. The zero-order valence-electron chi connectivity index (χ0n) is 15.2. The van der Waals surface area contributed by atoms with Gasteiger partial charge in [-0.2, -0.15) is 0 Å². The molecule has 3 rings (SSSR count). The number of rotatable bonds is 10. The molecule has 0 bridgehead atoms. The molecule has 2 aromatic carbocycles. The summed E-state index contributed by atoms with van der Waals surface area (Å²) in [5.41, 5.74) is 9.18. The molecule has 0 aliphatic carbocycles. The highest BCUT2D eigenvalue weighted by Gasteiger charge is 2.04. The van der Waals surface area contributed by atoms with Crippen LogP contribution in [-0.4, -0.2) is 11.5 Å². The molecule has 0 radical (unpaired) electrons. The minimum atomic E-state index is 0.842. The van der Waals surface area contributed by atoms with E-state index in [2.05, 4.69) is 48.5 Å². The van der Waals surface area contributed by atoms with Crippen molar-refractivity contribution in [2.75, 3.05) is 6.54 Å². The summed E-state index contributed by atoms with van der Waals surface area (Å²) in [5, 5.41) is 2.56. The van der Waals surface area contributed by atoms with Crippen LogP contribution in [-0.2, 0) is 6.42 Å². The van der Waals surface area contributed by atoms with E-state index in [1.54, 1.807) is 0 Å². The molecule has 132 valence electrons. The van der Waals surface area contributed by atoms with Gasteiger partial charge in [-0.3, -0.25) is 0 Å². The predicted octanol–water partition coefficient (Wildman–Crippen LogP) is 6.01. The number of fused-ring (bicyclic) bond motifs is 2. The average Bonchev–Trinajstić information content (AvgIpc) is 2.65. The maximum absolute atomic E-state index is 5.53. The molecule has 0 amide bonds. The number of aromatic nitrogens is 1. The Bertz CT molecular complexity index is 794. The molecule has 0 saturated heterocycles. The number of pyridine rings is 1. The van der Waals surface area contributed by atoms with Crippen molar-refractivity contribution in [3.8, 4) is 0 Å². The Labute approximate surface area is 151 Å². The lowest BCUT2D eigenvalue weighted by Crippen LogP contribution is -1.97. The lowest BCUT2D eigenvalue weighted by Gasteiger charge is -2.08. The van der Waals surface area contributed by atoms with Gasteiger partial charge in [0.25, 0.3) is 0 Å². The number of para-hydroxylation sites is 1. The van der Waals surface area contributed by atoms with E-state index in [-0.39, 0.29) is 0 Å². The van der Waals surface area contributed by atoms with Gasteiger partial charge in [-0.15, -0.1) is 0 Å². The minimum Gasteiger partial charge on any atom is -0.330 e. The van der Waals surface area contributed by atoms with Gasteiger partial charge in [-0.25, -0.2) is 4.98 Å². The SMILES string of the molecule is NCCCCCCCCCCc1cccc2nc3ccccc3cc12. The van der Waals surface area contributed by atoms with Gasteiger partial charge in [0, 0.05) is 10.8 Å². The molecule has 3 aromatic rings. The van der Waals surface area contributed by atoms with Gasteiger partial charge in [-0.1, -0.05) is 68.9 Å². The molecular weight excluding hydrogens is 304 g/mol. The van der Waals surface area contributed by atoms with Crippen LogP contribution in [0.5, 0.6) is 0 Å². The minimum absolute atomic E-state index is 0.842. The molecular formula is C23H30N2. The second kappa shape index (κ2) is 9.53. The first kappa shape index (κ1) is 17.9. The molecule has 0 aliphatic heterocycles. The number of aryl methyl sites for hydroxylation is 1. The summed E-state index contributed by atoms with van der Waals surface area (Å²) in [4.78, 5) is 4.82. The van der Waals surface area contributed by atoms with Crippen LogP contribution in [0.15, 0.2) is 48.5 Å². The van der Waals surface area contributed by atoms with Crippen LogP contribution in [0.25, 0.3) is 21.8 Å². The zero-order valence-corrected chi connectivity index (χ0v) is 15.2. The highest BCUT2D eigenvalue weighted by atomic mass is 14.7. The van der Waals surface area contributed by atoms with E-state index in [9.17, 15) is 0 Å². The second-order valence-electron chi connectivity index (χ2n) is 7.03. The summed E-state index contributed by atoms with van der Waals surface area (Å²) >= 11 is 0. The van der Waals surface area contributed by atoms with Crippen molar-refractivity contribution >= 4 is 21.8 Å². The first-order valence-corrected chi connectivity index (χ1v) is 9.86. The number of hydrogen-bond acceptors (Lipinski definition) is 2. The molecule has 1 aromatic heterocycles. The number of hydrogen-bond donors (Lipinski definition) is 1. The van der Waals surface area contributed by atoms with Gasteiger partial charge in [0.1, 0.15) is 0 Å². The number of benzene rings is 2. The van der Waals surface area contributed by atoms with Gasteiger partial charge in [0.15, 0.2) is 0 Å². The van der Waals surface area contributed by atoms with Gasteiger partial charge >= 0.3 is 0 Å². The van der Waals surface area contributed by atoms with E-state index in [0.29, 0.717) is 0 Å². The van der Waals surface area contributed by atoms with Gasteiger partial charge < -0.3 is 5.73 Å². The summed E-state index contributed by atoms with van der Waals surface area (Å²) in [6, 6.07) is 17.3. The van der Waals surface area contributed by atoms with Crippen LogP contribution >= 0.6 is 0 Å². The van der Waals surface area contributed by atoms with E-state index in [1.165, 1.54) is 67.7 Å². The quantitative estimate of drug-likeness (QED) is 0.364. The third kappa shape index (κ3) is 5.02. The summed E-state index contributed by atoms with van der Waals surface area (Å²) < 4.78 is 0. The van der Waals surface area contributed by atoms with Crippen molar-refractivity contribution in [3.05, 3.63) is 54.1 Å². The van der Waals surface area contributed by atoms with Crippen molar-refractivity contribution in [1.29, 1.82) is 0 Å². The van der Waals surface area contributed by atoms with Gasteiger partial charge in [-0.05, 0) is 49.6 Å². The summed E-state index contributed by atoms with van der Waals surface area (Å²) in [6.45, 7) is 0.842. The van der Waals surface area contributed by atoms with Crippen molar-refractivity contribution in [2.45, 2.75) is 57.8 Å². The summed E-state index contributed by atoms with van der Waals surface area (Å²) in [6.07, 6.45) is 11.7. The van der Waals surface area contributed by atoms with E-state index in [0.717, 1.165) is 24.0 Å². The topological polar surface area (TPSA) is 38.9 Å². The molecule has 25 heavy (non-hydrogen) atoms. The Morgan fingerprint density at radius 3 is 2.16 bits per heavy atom. The van der Waals surface area contributed by atoms with Crippen LogP contribution in [0.3, 0.4) is 0 Å². The van der Waals surface area contributed by atoms with Crippen LogP contribution < -0.4 is 5.73 Å². The largest absolute Gasteiger partial charge is 0.330 e. The number of nitrogens with zero attached hydrogens (tertiary/aromatic N) is 1. The van der Waals surface area contributed by atoms with Crippen LogP contribution in [0.2, 0.25) is 0 Å². The smallest absolute Gasteiger partial charge is 0.0712 e. The van der Waals surface area contributed by atoms with Crippen LogP contribution in [0.1, 0.15) is 56.9 Å². The molecule has 0 saturated carbocycles. The monoisotopic (exact) mass is 334 g/mol. The van der Waals surface area contributed by atoms with Crippen LogP contribution in [0, 0.1) is 0 Å². The first-order chi connectivity index (χ1) is 12.4. The van der Waals surface area contributed by atoms with E-state index in [4.69, 9.17) is 10.7 Å².